The number of furan rings is 1. The van der Waals surface area contributed by atoms with Gasteiger partial charge in [0, 0.05) is 24.7 Å². The Hall–Kier alpha value is -3.15. The van der Waals surface area contributed by atoms with Crippen LogP contribution in [0.25, 0.3) is 11.4 Å². The number of carbonyl (C=O) groups is 1. The predicted octanol–water partition coefficient (Wildman–Crippen LogP) is 3.51. The van der Waals surface area contributed by atoms with Crippen LogP contribution in [0.4, 0.5) is 5.82 Å². The van der Waals surface area contributed by atoms with E-state index in [9.17, 15) is 4.79 Å². The molecule has 0 fully saturated rings. The number of benzene rings is 1. The highest BCUT2D eigenvalue weighted by Crippen LogP contribution is 2.20. The molecule has 0 saturated heterocycles. The Morgan fingerprint density at radius 2 is 1.85 bits per heavy atom. The molecule has 0 aliphatic carbocycles. The van der Waals surface area contributed by atoms with Gasteiger partial charge >= 0.3 is 0 Å². The minimum atomic E-state index is -0.255. The standard InChI is InChI=1S/C20H22N4O2/c1-3-24(4-2)18-13-17(20(25)21-14-16-11-8-12-26-16)22-19(23-18)15-9-6-5-7-10-15/h5-13H,3-4,14H2,1-2H3,(H,21,25). The molecule has 6 nitrogen and oxygen atoms in total. The molecule has 1 aromatic carbocycles. The Labute approximate surface area is 152 Å². The maximum Gasteiger partial charge on any atom is 0.270 e. The second-order valence-corrected chi connectivity index (χ2v) is 5.74. The molecule has 6 heteroatoms. The summed E-state index contributed by atoms with van der Waals surface area (Å²) in [5.74, 6) is 1.72. The van der Waals surface area contributed by atoms with Crippen molar-refractivity contribution in [3.8, 4) is 11.4 Å². The quantitative estimate of drug-likeness (QED) is 0.706. The summed E-state index contributed by atoms with van der Waals surface area (Å²) >= 11 is 0. The van der Waals surface area contributed by atoms with Gasteiger partial charge in [0.2, 0.25) is 0 Å². The van der Waals surface area contributed by atoms with E-state index in [1.54, 1.807) is 18.4 Å². The molecule has 0 aliphatic rings. The van der Waals surface area contributed by atoms with Crippen LogP contribution in [0.3, 0.4) is 0 Å². The summed E-state index contributed by atoms with van der Waals surface area (Å²) in [6, 6.07) is 15.0. The first-order valence-electron chi connectivity index (χ1n) is 8.71. The van der Waals surface area contributed by atoms with E-state index in [1.807, 2.05) is 36.4 Å². The van der Waals surface area contributed by atoms with Crippen molar-refractivity contribution in [1.82, 2.24) is 15.3 Å². The zero-order valence-electron chi connectivity index (χ0n) is 15.0. The first kappa shape index (κ1) is 17.7. The molecule has 0 unspecified atom stereocenters. The van der Waals surface area contributed by atoms with Gasteiger partial charge in [-0.25, -0.2) is 9.97 Å². The predicted molar refractivity (Wildman–Crippen MR) is 101 cm³/mol. The number of carbonyl (C=O) groups excluding carboxylic acids is 1. The van der Waals surface area contributed by atoms with E-state index in [2.05, 4.69) is 34.0 Å². The smallest absolute Gasteiger partial charge is 0.270 e. The average molecular weight is 350 g/mol. The number of rotatable bonds is 7. The molecule has 0 spiro atoms. The van der Waals surface area contributed by atoms with Crippen LogP contribution in [0, 0.1) is 0 Å². The Bertz CT molecular complexity index is 844. The van der Waals surface area contributed by atoms with Crippen molar-refractivity contribution in [2.24, 2.45) is 0 Å². The average Bonchev–Trinajstić information content (AvgIpc) is 3.21. The van der Waals surface area contributed by atoms with E-state index in [1.165, 1.54) is 0 Å². The summed E-state index contributed by atoms with van der Waals surface area (Å²) in [5.41, 5.74) is 1.22. The molecule has 0 atom stereocenters. The van der Waals surface area contributed by atoms with Crippen molar-refractivity contribution in [3.63, 3.8) is 0 Å². The molecule has 26 heavy (non-hydrogen) atoms. The van der Waals surface area contributed by atoms with Crippen LogP contribution in [0.5, 0.6) is 0 Å². The fourth-order valence-electron chi connectivity index (χ4n) is 2.65. The van der Waals surface area contributed by atoms with E-state index in [-0.39, 0.29) is 5.91 Å². The molecule has 2 heterocycles. The Morgan fingerprint density at radius 1 is 1.08 bits per heavy atom. The molecular weight excluding hydrogens is 328 g/mol. The molecule has 0 saturated carbocycles. The third kappa shape index (κ3) is 4.08. The molecule has 1 N–H and O–H groups in total. The van der Waals surface area contributed by atoms with E-state index >= 15 is 0 Å². The van der Waals surface area contributed by atoms with Crippen LogP contribution in [0.15, 0.2) is 59.2 Å². The van der Waals surface area contributed by atoms with Crippen molar-refractivity contribution in [1.29, 1.82) is 0 Å². The highest BCUT2D eigenvalue weighted by Gasteiger charge is 2.15. The molecule has 3 rings (SSSR count). The molecule has 0 aliphatic heterocycles. The molecule has 0 radical (unpaired) electrons. The summed E-state index contributed by atoms with van der Waals surface area (Å²) in [6.45, 7) is 6.04. The first-order chi connectivity index (χ1) is 12.7. The molecule has 2 aromatic heterocycles. The molecule has 3 aromatic rings. The van der Waals surface area contributed by atoms with Gasteiger partial charge < -0.3 is 14.6 Å². The summed E-state index contributed by atoms with van der Waals surface area (Å²) in [6.07, 6.45) is 1.58. The lowest BCUT2D eigenvalue weighted by molar-refractivity contribution is 0.0943. The Balaban J connectivity index is 1.92. The normalized spacial score (nSPS) is 10.5. The van der Waals surface area contributed by atoms with Gasteiger partial charge in [-0.2, -0.15) is 0 Å². The zero-order chi connectivity index (χ0) is 18.4. The van der Waals surface area contributed by atoms with E-state index in [0.29, 0.717) is 23.8 Å². The fourth-order valence-corrected chi connectivity index (χ4v) is 2.65. The number of nitrogens with one attached hydrogen (secondary N) is 1. The number of anilines is 1. The van der Waals surface area contributed by atoms with Crippen molar-refractivity contribution in [2.45, 2.75) is 20.4 Å². The SMILES string of the molecule is CCN(CC)c1cc(C(=O)NCc2ccco2)nc(-c2ccccc2)n1. The third-order valence-electron chi connectivity index (χ3n) is 4.07. The van der Waals surface area contributed by atoms with E-state index in [0.717, 1.165) is 24.5 Å². The lowest BCUT2D eigenvalue weighted by Gasteiger charge is -2.21. The Morgan fingerprint density at radius 3 is 2.50 bits per heavy atom. The monoisotopic (exact) mass is 350 g/mol. The van der Waals surface area contributed by atoms with Gasteiger partial charge in [-0.15, -0.1) is 0 Å². The van der Waals surface area contributed by atoms with Crippen molar-refractivity contribution in [3.05, 3.63) is 66.2 Å². The van der Waals surface area contributed by atoms with Crippen molar-refractivity contribution >= 4 is 11.7 Å². The Kier molecular flexibility index (Phi) is 5.63. The van der Waals surface area contributed by atoms with Gasteiger partial charge in [0.1, 0.15) is 17.3 Å². The number of hydrogen-bond donors (Lipinski definition) is 1. The van der Waals surface area contributed by atoms with Crippen LogP contribution in [0.1, 0.15) is 30.1 Å². The highest BCUT2D eigenvalue weighted by atomic mass is 16.3. The van der Waals surface area contributed by atoms with Gasteiger partial charge in [0.15, 0.2) is 5.82 Å². The lowest BCUT2D eigenvalue weighted by Crippen LogP contribution is -2.27. The van der Waals surface area contributed by atoms with Crippen LogP contribution in [-0.2, 0) is 6.54 Å². The topological polar surface area (TPSA) is 71.3 Å². The third-order valence-corrected chi connectivity index (χ3v) is 4.07. The number of aromatic nitrogens is 2. The molecular formula is C20H22N4O2. The van der Waals surface area contributed by atoms with E-state index in [4.69, 9.17) is 4.42 Å². The summed E-state index contributed by atoms with van der Waals surface area (Å²) in [7, 11) is 0. The van der Waals surface area contributed by atoms with Gasteiger partial charge in [-0.3, -0.25) is 4.79 Å². The van der Waals surface area contributed by atoms with Gasteiger partial charge in [0.05, 0.1) is 12.8 Å². The second-order valence-electron chi connectivity index (χ2n) is 5.74. The maximum atomic E-state index is 12.6. The summed E-state index contributed by atoms with van der Waals surface area (Å²) < 4.78 is 5.25. The fraction of sp³-hybridized carbons (Fsp3) is 0.250. The first-order valence-corrected chi connectivity index (χ1v) is 8.71. The van der Waals surface area contributed by atoms with Crippen molar-refractivity contribution < 1.29 is 9.21 Å². The highest BCUT2D eigenvalue weighted by molar-refractivity contribution is 5.93. The van der Waals surface area contributed by atoms with Gasteiger partial charge in [-0.1, -0.05) is 30.3 Å². The minimum Gasteiger partial charge on any atom is -0.467 e. The molecule has 134 valence electrons. The van der Waals surface area contributed by atoms with Crippen LogP contribution in [-0.4, -0.2) is 29.0 Å². The van der Waals surface area contributed by atoms with Crippen LogP contribution >= 0.6 is 0 Å². The van der Waals surface area contributed by atoms with Crippen LogP contribution < -0.4 is 10.2 Å². The second kappa shape index (κ2) is 8.29. The molecule has 1 amide bonds. The maximum absolute atomic E-state index is 12.6. The van der Waals surface area contributed by atoms with Crippen molar-refractivity contribution in [2.75, 3.05) is 18.0 Å². The molecule has 0 bridgehead atoms. The summed E-state index contributed by atoms with van der Waals surface area (Å²) in [4.78, 5) is 23.8. The van der Waals surface area contributed by atoms with Gasteiger partial charge in [-0.05, 0) is 26.0 Å². The largest absolute Gasteiger partial charge is 0.467 e. The van der Waals surface area contributed by atoms with Crippen LogP contribution in [0.2, 0.25) is 0 Å². The minimum absolute atomic E-state index is 0.255. The lowest BCUT2D eigenvalue weighted by atomic mass is 10.2. The number of amides is 1. The summed E-state index contributed by atoms with van der Waals surface area (Å²) in [5, 5.41) is 2.84. The van der Waals surface area contributed by atoms with Gasteiger partial charge in [0.25, 0.3) is 5.91 Å². The number of nitrogens with zero attached hydrogens (tertiary/aromatic N) is 3. The van der Waals surface area contributed by atoms with E-state index < -0.39 is 0 Å². The zero-order valence-corrected chi connectivity index (χ0v) is 15.0. The number of hydrogen-bond acceptors (Lipinski definition) is 5.